The lowest BCUT2D eigenvalue weighted by Crippen LogP contribution is -2.12. The molecule has 0 aliphatic heterocycles. The van der Waals surface area contributed by atoms with Crippen molar-refractivity contribution in [2.24, 2.45) is 0 Å². The maximum atomic E-state index is 11.5. The highest BCUT2D eigenvalue weighted by atomic mass is 16.5. The van der Waals surface area contributed by atoms with Gasteiger partial charge in [0.05, 0.1) is 0 Å². The SMILES string of the molecule is C=CC(C=C)OC(=O)CCCCCCCCCCOC. The van der Waals surface area contributed by atoms with E-state index in [9.17, 15) is 4.79 Å². The van der Waals surface area contributed by atoms with E-state index in [1.165, 1.54) is 32.1 Å². The summed E-state index contributed by atoms with van der Waals surface area (Å²) in [5, 5.41) is 0. The average molecular weight is 282 g/mol. The second kappa shape index (κ2) is 14.3. The van der Waals surface area contributed by atoms with Crippen molar-refractivity contribution in [1.82, 2.24) is 0 Å². The van der Waals surface area contributed by atoms with Gasteiger partial charge in [0.25, 0.3) is 0 Å². The highest BCUT2D eigenvalue weighted by Crippen LogP contribution is 2.10. The number of hydrogen-bond donors (Lipinski definition) is 0. The summed E-state index contributed by atoms with van der Waals surface area (Å²) in [5.74, 6) is -0.158. The summed E-state index contributed by atoms with van der Waals surface area (Å²) in [6, 6.07) is 0. The lowest BCUT2D eigenvalue weighted by Gasteiger charge is -2.09. The normalized spacial score (nSPS) is 10.5. The highest BCUT2D eigenvalue weighted by Gasteiger charge is 2.06. The van der Waals surface area contributed by atoms with Gasteiger partial charge in [0.1, 0.15) is 6.10 Å². The Labute approximate surface area is 124 Å². The van der Waals surface area contributed by atoms with Crippen LogP contribution in [0.4, 0.5) is 0 Å². The third-order valence-corrected chi connectivity index (χ3v) is 3.21. The first kappa shape index (κ1) is 18.9. The van der Waals surface area contributed by atoms with Gasteiger partial charge in [-0.1, -0.05) is 51.7 Å². The van der Waals surface area contributed by atoms with Gasteiger partial charge < -0.3 is 9.47 Å². The van der Waals surface area contributed by atoms with Crippen LogP contribution in [-0.2, 0) is 14.3 Å². The molecular formula is C17H30O3. The third kappa shape index (κ3) is 12.0. The Morgan fingerprint density at radius 3 is 1.95 bits per heavy atom. The van der Waals surface area contributed by atoms with Crippen LogP contribution in [0.25, 0.3) is 0 Å². The molecule has 0 aromatic carbocycles. The first-order valence-corrected chi connectivity index (χ1v) is 7.68. The number of unbranched alkanes of at least 4 members (excludes halogenated alkanes) is 7. The van der Waals surface area contributed by atoms with Crippen LogP contribution < -0.4 is 0 Å². The first-order chi connectivity index (χ1) is 9.74. The Morgan fingerprint density at radius 1 is 0.950 bits per heavy atom. The second-order valence-corrected chi connectivity index (χ2v) is 5.00. The Hall–Kier alpha value is -1.09. The maximum absolute atomic E-state index is 11.5. The summed E-state index contributed by atoms with van der Waals surface area (Å²) < 4.78 is 10.2. The summed E-state index contributed by atoms with van der Waals surface area (Å²) in [6.45, 7) is 8.04. The number of rotatable bonds is 14. The molecule has 0 amide bonds. The lowest BCUT2D eigenvalue weighted by molar-refractivity contribution is -0.145. The number of carbonyl (C=O) groups is 1. The third-order valence-electron chi connectivity index (χ3n) is 3.21. The molecule has 0 saturated carbocycles. The van der Waals surface area contributed by atoms with Gasteiger partial charge in [-0.2, -0.15) is 0 Å². The van der Waals surface area contributed by atoms with E-state index in [0.29, 0.717) is 6.42 Å². The van der Waals surface area contributed by atoms with Crippen molar-refractivity contribution in [3.05, 3.63) is 25.3 Å². The summed E-state index contributed by atoms with van der Waals surface area (Å²) in [5.41, 5.74) is 0. The standard InChI is InChI=1S/C17H30O3/c1-4-16(5-2)20-17(18)14-12-10-8-6-7-9-11-13-15-19-3/h4-5,16H,1-2,6-15H2,3H3. The van der Waals surface area contributed by atoms with E-state index in [2.05, 4.69) is 13.2 Å². The zero-order chi connectivity index (χ0) is 15.1. The highest BCUT2D eigenvalue weighted by molar-refractivity contribution is 5.69. The number of hydrogen-bond acceptors (Lipinski definition) is 3. The van der Waals surface area contributed by atoms with Crippen LogP contribution in [0.5, 0.6) is 0 Å². The van der Waals surface area contributed by atoms with Gasteiger partial charge in [-0.15, -0.1) is 0 Å². The molecule has 0 rings (SSSR count). The zero-order valence-corrected chi connectivity index (χ0v) is 12.9. The lowest BCUT2D eigenvalue weighted by atomic mass is 10.1. The van der Waals surface area contributed by atoms with Gasteiger partial charge in [0, 0.05) is 20.1 Å². The fourth-order valence-electron chi connectivity index (χ4n) is 1.98. The fourth-order valence-corrected chi connectivity index (χ4v) is 1.98. The summed E-state index contributed by atoms with van der Waals surface area (Å²) >= 11 is 0. The molecule has 0 radical (unpaired) electrons. The van der Waals surface area contributed by atoms with Gasteiger partial charge in [0.15, 0.2) is 0 Å². The second-order valence-electron chi connectivity index (χ2n) is 5.00. The van der Waals surface area contributed by atoms with Crippen molar-refractivity contribution in [1.29, 1.82) is 0 Å². The van der Waals surface area contributed by atoms with Gasteiger partial charge in [-0.05, 0) is 25.0 Å². The fraction of sp³-hybridized carbons (Fsp3) is 0.706. The predicted octanol–water partition coefficient (Wildman–Crippen LogP) is 4.43. The van der Waals surface area contributed by atoms with Crippen LogP contribution >= 0.6 is 0 Å². The van der Waals surface area contributed by atoms with Crippen LogP contribution in [0.2, 0.25) is 0 Å². The minimum Gasteiger partial charge on any atom is -0.454 e. The van der Waals surface area contributed by atoms with Crippen molar-refractivity contribution < 1.29 is 14.3 Å². The van der Waals surface area contributed by atoms with Crippen LogP contribution in [0, 0.1) is 0 Å². The van der Waals surface area contributed by atoms with Crippen molar-refractivity contribution in [3.63, 3.8) is 0 Å². The number of methoxy groups -OCH3 is 1. The molecule has 0 spiro atoms. The predicted molar refractivity (Wildman–Crippen MR) is 83.7 cm³/mol. The molecule has 116 valence electrons. The van der Waals surface area contributed by atoms with Gasteiger partial charge in [-0.25, -0.2) is 0 Å². The Balaban J connectivity index is 3.29. The van der Waals surface area contributed by atoms with Crippen LogP contribution in [0.15, 0.2) is 25.3 Å². The molecule has 0 aromatic rings. The maximum Gasteiger partial charge on any atom is 0.306 e. The molecule has 0 aliphatic carbocycles. The molecule has 0 unspecified atom stereocenters. The summed E-state index contributed by atoms with van der Waals surface area (Å²) in [7, 11) is 1.75. The van der Waals surface area contributed by atoms with Crippen molar-refractivity contribution in [2.45, 2.75) is 63.9 Å². The van der Waals surface area contributed by atoms with Gasteiger partial charge in [0.2, 0.25) is 0 Å². The molecule has 0 atom stereocenters. The van der Waals surface area contributed by atoms with Gasteiger partial charge in [-0.3, -0.25) is 4.79 Å². The van der Waals surface area contributed by atoms with Crippen molar-refractivity contribution in [3.8, 4) is 0 Å². The van der Waals surface area contributed by atoms with E-state index >= 15 is 0 Å². The number of esters is 1. The van der Waals surface area contributed by atoms with Crippen molar-refractivity contribution >= 4 is 5.97 Å². The van der Waals surface area contributed by atoms with E-state index in [-0.39, 0.29) is 12.1 Å². The molecule has 0 N–H and O–H groups in total. The molecule has 20 heavy (non-hydrogen) atoms. The van der Waals surface area contributed by atoms with Crippen molar-refractivity contribution in [2.75, 3.05) is 13.7 Å². The van der Waals surface area contributed by atoms with E-state index in [1.807, 2.05) is 0 Å². The summed E-state index contributed by atoms with van der Waals surface area (Å²) in [4.78, 5) is 11.5. The Bertz CT molecular complexity index is 253. The minimum absolute atomic E-state index is 0.158. The molecule has 3 nitrogen and oxygen atoms in total. The van der Waals surface area contributed by atoms with Crippen LogP contribution in [-0.4, -0.2) is 25.8 Å². The Morgan fingerprint density at radius 2 is 1.45 bits per heavy atom. The Kier molecular flexibility index (Phi) is 13.5. The van der Waals surface area contributed by atoms with E-state index in [4.69, 9.17) is 9.47 Å². The van der Waals surface area contributed by atoms with Crippen LogP contribution in [0.1, 0.15) is 57.8 Å². The van der Waals surface area contributed by atoms with E-state index < -0.39 is 0 Å². The molecule has 0 heterocycles. The average Bonchev–Trinajstić information content (AvgIpc) is 2.46. The largest absolute Gasteiger partial charge is 0.454 e. The molecule has 3 heteroatoms. The first-order valence-electron chi connectivity index (χ1n) is 7.68. The molecule has 0 fully saturated rings. The molecule has 0 saturated heterocycles. The molecule has 0 aliphatic rings. The monoisotopic (exact) mass is 282 g/mol. The zero-order valence-electron chi connectivity index (χ0n) is 12.9. The quantitative estimate of drug-likeness (QED) is 0.269. The minimum atomic E-state index is -0.352. The van der Waals surface area contributed by atoms with Gasteiger partial charge >= 0.3 is 5.97 Å². The number of carbonyl (C=O) groups excluding carboxylic acids is 1. The van der Waals surface area contributed by atoms with E-state index in [1.54, 1.807) is 19.3 Å². The number of ether oxygens (including phenoxy) is 2. The molecular weight excluding hydrogens is 252 g/mol. The van der Waals surface area contributed by atoms with E-state index in [0.717, 1.165) is 25.9 Å². The molecule has 0 aromatic heterocycles. The molecule has 0 bridgehead atoms. The topological polar surface area (TPSA) is 35.5 Å². The summed E-state index contributed by atoms with van der Waals surface area (Å²) in [6.07, 6.45) is 12.7. The van der Waals surface area contributed by atoms with Crippen LogP contribution in [0.3, 0.4) is 0 Å². The smallest absolute Gasteiger partial charge is 0.306 e.